The highest BCUT2D eigenvalue weighted by atomic mass is 35.5. The first-order chi connectivity index (χ1) is 10.1. The molecule has 0 saturated heterocycles. The number of hydrogen-bond donors (Lipinski definition) is 2. The van der Waals surface area contributed by atoms with E-state index in [0.29, 0.717) is 5.02 Å². The molecule has 0 spiro atoms. The second kappa shape index (κ2) is 7.49. The quantitative estimate of drug-likeness (QED) is 0.868. The molecule has 22 heavy (non-hydrogen) atoms. The number of benzene rings is 1. The Morgan fingerprint density at radius 3 is 2.18 bits per heavy atom. The van der Waals surface area contributed by atoms with Gasteiger partial charge in [-0.1, -0.05) is 23.7 Å². The Hall–Kier alpha value is -1.76. The zero-order chi connectivity index (χ0) is 16.9. The summed E-state index contributed by atoms with van der Waals surface area (Å²) in [7, 11) is 0. The SMILES string of the molecule is CC(=O)N[C@H](C)C(=O)N[C@H](CC(F)(F)F)c1ccc(Cl)cc1. The number of carbonyl (C=O) groups excluding carboxylic acids is 2. The molecule has 1 rings (SSSR count). The fraction of sp³-hybridized carbons (Fsp3) is 0.429. The van der Waals surface area contributed by atoms with Gasteiger partial charge in [0.2, 0.25) is 11.8 Å². The summed E-state index contributed by atoms with van der Waals surface area (Å²) in [6.45, 7) is 2.61. The first kappa shape index (κ1) is 18.3. The molecule has 0 aromatic heterocycles. The van der Waals surface area contributed by atoms with E-state index in [2.05, 4.69) is 10.6 Å². The van der Waals surface area contributed by atoms with Gasteiger partial charge in [0.25, 0.3) is 0 Å². The first-order valence-corrected chi connectivity index (χ1v) is 6.86. The summed E-state index contributed by atoms with van der Waals surface area (Å²) < 4.78 is 38.1. The molecular formula is C14H16ClF3N2O2. The Balaban J connectivity index is 2.89. The average molecular weight is 337 g/mol. The van der Waals surface area contributed by atoms with Crippen molar-refractivity contribution in [3.05, 3.63) is 34.9 Å². The van der Waals surface area contributed by atoms with Gasteiger partial charge in [0, 0.05) is 11.9 Å². The summed E-state index contributed by atoms with van der Waals surface area (Å²) in [6, 6.07) is 3.55. The molecule has 2 N–H and O–H groups in total. The number of amides is 2. The molecule has 8 heteroatoms. The second-order valence-electron chi connectivity index (χ2n) is 4.85. The van der Waals surface area contributed by atoms with Crippen molar-refractivity contribution in [1.29, 1.82) is 0 Å². The van der Waals surface area contributed by atoms with E-state index in [1.165, 1.54) is 38.1 Å². The minimum Gasteiger partial charge on any atom is -0.347 e. The lowest BCUT2D eigenvalue weighted by atomic mass is 10.0. The molecule has 0 unspecified atom stereocenters. The minimum atomic E-state index is -4.45. The third kappa shape index (κ3) is 6.34. The third-order valence-corrected chi connectivity index (χ3v) is 3.09. The van der Waals surface area contributed by atoms with Crippen LogP contribution in [0.5, 0.6) is 0 Å². The predicted molar refractivity (Wildman–Crippen MR) is 76.3 cm³/mol. The molecule has 2 atom stereocenters. The molecule has 0 bridgehead atoms. The monoisotopic (exact) mass is 336 g/mol. The van der Waals surface area contributed by atoms with Gasteiger partial charge in [-0.25, -0.2) is 0 Å². The van der Waals surface area contributed by atoms with E-state index in [1.807, 2.05) is 0 Å². The van der Waals surface area contributed by atoms with Gasteiger partial charge >= 0.3 is 6.18 Å². The van der Waals surface area contributed by atoms with E-state index in [0.717, 1.165) is 0 Å². The largest absolute Gasteiger partial charge is 0.391 e. The summed E-state index contributed by atoms with van der Waals surface area (Å²) >= 11 is 5.71. The van der Waals surface area contributed by atoms with Gasteiger partial charge in [0.15, 0.2) is 0 Å². The fourth-order valence-corrected chi connectivity index (χ4v) is 1.97. The predicted octanol–water partition coefficient (Wildman–Crippen LogP) is 2.97. The van der Waals surface area contributed by atoms with E-state index in [9.17, 15) is 22.8 Å². The highest BCUT2D eigenvalue weighted by Crippen LogP contribution is 2.30. The number of carbonyl (C=O) groups is 2. The van der Waals surface area contributed by atoms with Crippen molar-refractivity contribution in [1.82, 2.24) is 10.6 Å². The number of halogens is 4. The maximum Gasteiger partial charge on any atom is 0.391 e. The number of hydrogen-bond acceptors (Lipinski definition) is 2. The van der Waals surface area contributed by atoms with Gasteiger partial charge in [-0.05, 0) is 24.6 Å². The van der Waals surface area contributed by atoms with Gasteiger partial charge < -0.3 is 10.6 Å². The molecule has 122 valence electrons. The number of nitrogens with one attached hydrogen (secondary N) is 2. The Morgan fingerprint density at radius 2 is 1.73 bits per heavy atom. The van der Waals surface area contributed by atoms with E-state index in [1.54, 1.807) is 0 Å². The molecule has 0 radical (unpaired) electrons. The summed E-state index contributed by atoms with van der Waals surface area (Å²) in [5.41, 5.74) is 0.283. The van der Waals surface area contributed by atoms with E-state index in [4.69, 9.17) is 11.6 Å². The topological polar surface area (TPSA) is 58.2 Å². The first-order valence-electron chi connectivity index (χ1n) is 6.48. The van der Waals surface area contributed by atoms with Crippen LogP contribution >= 0.6 is 11.6 Å². The lowest BCUT2D eigenvalue weighted by Gasteiger charge is -2.23. The second-order valence-corrected chi connectivity index (χ2v) is 5.29. The van der Waals surface area contributed by atoms with Crippen LogP contribution in [0.3, 0.4) is 0 Å². The lowest BCUT2D eigenvalue weighted by molar-refractivity contribution is -0.143. The minimum absolute atomic E-state index is 0.283. The van der Waals surface area contributed by atoms with Crippen LogP contribution in [-0.2, 0) is 9.59 Å². The molecule has 0 aliphatic carbocycles. The molecule has 0 heterocycles. The van der Waals surface area contributed by atoms with Crippen LogP contribution in [0.25, 0.3) is 0 Å². The van der Waals surface area contributed by atoms with Gasteiger partial charge in [-0.2, -0.15) is 13.2 Å². The zero-order valence-corrected chi connectivity index (χ0v) is 12.8. The van der Waals surface area contributed by atoms with Crippen LogP contribution in [0.4, 0.5) is 13.2 Å². The maximum absolute atomic E-state index is 12.7. The van der Waals surface area contributed by atoms with E-state index < -0.39 is 36.5 Å². The van der Waals surface area contributed by atoms with E-state index in [-0.39, 0.29) is 5.56 Å². The Bertz CT molecular complexity index is 532. The highest BCUT2D eigenvalue weighted by molar-refractivity contribution is 6.30. The summed E-state index contributed by atoms with van der Waals surface area (Å²) in [5, 5.41) is 5.00. The van der Waals surface area contributed by atoms with Crippen molar-refractivity contribution in [2.75, 3.05) is 0 Å². The Kier molecular flexibility index (Phi) is 6.22. The van der Waals surface area contributed by atoms with Crippen molar-refractivity contribution in [3.63, 3.8) is 0 Å². The van der Waals surface area contributed by atoms with Crippen molar-refractivity contribution in [2.45, 2.75) is 38.5 Å². The van der Waals surface area contributed by atoms with Crippen LogP contribution in [-0.4, -0.2) is 24.0 Å². The smallest absolute Gasteiger partial charge is 0.347 e. The summed E-state index contributed by atoms with van der Waals surface area (Å²) in [5.74, 6) is -1.14. The molecule has 0 aliphatic rings. The Labute approximate surface area is 131 Å². The van der Waals surface area contributed by atoms with Crippen LogP contribution in [0.2, 0.25) is 5.02 Å². The average Bonchev–Trinajstić information content (AvgIpc) is 2.36. The van der Waals surface area contributed by atoms with Crippen molar-refractivity contribution in [3.8, 4) is 0 Å². The molecule has 4 nitrogen and oxygen atoms in total. The van der Waals surface area contributed by atoms with Crippen LogP contribution in [0, 0.1) is 0 Å². The van der Waals surface area contributed by atoms with Crippen molar-refractivity contribution in [2.24, 2.45) is 0 Å². The number of alkyl halides is 3. The van der Waals surface area contributed by atoms with E-state index >= 15 is 0 Å². The van der Waals surface area contributed by atoms with Crippen LogP contribution in [0.15, 0.2) is 24.3 Å². The lowest BCUT2D eigenvalue weighted by Crippen LogP contribution is -2.45. The van der Waals surface area contributed by atoms with Gasteiger partial charge in [0.05, 0.1) is 12.5 Å². The molecule has 1 aromatic carbocycles. The standard InChI is InChI=1S/C14H16ClF3N2O2/c1-8(19-9(2)21)13(22)20-12(7-14(16,17)18)10-3-5-11(15)6-4-10/h3-6,8,12H,7H2,1-2H3,(H,19,21)(H,20,22)/t8-,12-/m1/s1. The molecule has 2 amide bonds. The van der Waals surface area contributed by atoms with Gasteiger partial charge in [-0.15, -0.1) is 0 Å². The summed E-state index contributed by atoms with van der Waals surface area (Å²) in [4.78, 5) is 22.8. The molecule has 0 fully saturated rings. The Morgan fingerprint density at radius 1 is 1.18 bits per heavy atom. The number of rotatable bonds is 5. The van der Waals surface area contributed by atoms with Crippen molar-refractivity contribution >= 4 is 23.4 Å². The molecular weight excluding hydrogens is 321 g/mol. The van der Waals surface area contributed by atoms with Crippen LogP contribution < -0.4 is 10.6 Å². The van der Waals surface area contributed by atoms with Crippen LogP contribution in [0.1, 0.15) is 31.9 Å². The van der Waals surface area contributed by atoms with Gasteiger partial charge in [-0.3, -0.25) is 9.59 Å². The van der Waals surface area contributed by atoms with Crippen molar-refractivity contribution < 1.29 is 22.8 Å². The zero-order valence-electron chi connectivity index (χ0n) is 12.0. The normalized spacial score (nSPS) is 14.1. The van der Waals surface area contributed by atoms with Gasteiger partial charge in [0.1, 0.15) is 6.04 Å². The fourth-order valence-electron chi connectivity index (χ4n) is 1.85. The molecule has 0 saturated carbocycles. The third-order valence-electron chi connectivity index (χ3n) is 2.84. The molecule has 1 aromatic rings. The highest BCUT2D eigenvalue weighted by Gasteiger charge is 2.34. The summed E-state index contributed by atoms with van der Waals surface area (Å²) in [6.07, 6.45) is -5.66. The molecule has 0 aliphatic heterocycles. The maximum atomic E-state index is 12.7.